The topological polar surface area (TPSA) is 255 Å². The van der Waals surface area contributed by atoms with Crippen LogP contribution in [0.15, 0.2) is 35.3 Å². The molecule has 2 aromatic carbocycles. The highest BCUT2D eigenvalue weighted by atomic mass is 32.2. The van der Waals surface area contributed by atoms with Crippen LogP contribution in [0.25, 0.3) is 5.57 Å². The van der Waals surface area contributed by atoms with Gasteiger partial charge in [-0.2, -0.15) is 25.3 Å². The van der Waals surface area contributed by atoms with Gasteiger partial charge in [0, 0.05) is 69.3 Å². The van der Waals surface area contributed by atoms with Gasteiger partial charge < -0.3 is 14.5 Å². The number of hydroxylamine groups is 2. The second-order valence-corrected chi connectivity index (χ2v) is 20.1. The van der Waals surface area contributed by atoms with Crippen molar-refractivity contribution in [1.82, 2.24) is 9.64 Å². The second-order valence-electron chi connectivity index (χ2n) is 15.5. The molecule has 2 aromatic rings. The SMILES string of the molecule is CC1(C)CC(CS(=O)(=O)O)c2cc3c(cc2N1CCCC(=O)ON1C(=O)CCC1=O)Oc1cc2c(cc1=N3)C(CS(=O)(=O)O)=CC(C)(C)[N+]=2CCCS(=O)(=O)O. The lowest BCUT2D eigenvalue weighted by Crippen LogP contribution is -2.50. The van der Waals surface area contributed by atoms with E-state index in [0.717, 1.165) is 0 Å². The molecule has 4 aliphatic rings. The fraction of sp³-hybridized carbons (Fsp3) is 0.514. The van der Waals surface area contributed by atoms with Crippen molar-refractivity contribution in [3.63, 3.8) is 0 Å². The third kappa shape index (κ3) is 9.13. The first kappa shape index (κ1) is 41.4. The molecule has 1 saturated heterocycles. The first-order valence-corrected chi connectivity index (χ1v) is 22.6. The van der Waals surface area contributed by atoms with E-state index in [9.17, 15) is 53.3 Å². The molecule has 0 saturated carbocycles. The lowest BCUT2D eigenvalue weighted by atomic mass is 9.79. The van der Waals surface area contributed by atoms with Crippen LogP contribution >= 0.6 is 0 Å². The maximum Gasteiger partial charge on any atom is 0.333 e. The van der Waals surface area contributed by atoms with Gasteiger partial charge in [0.2, 0.25) is 5.36 Å². The molecule has 1 atom stereocenters. The molecular weight excluding hydrogens is 797 g/mol. The van der Waals surface area contributed by atoms with Crippen molar-refractivity contribution in [3.05, 3.63) is 52.2 Å². The van der Waals surface area contributed by atoms with E-state index >= 15 is 0 Å². The standard InChI is InChI=1S/C35H42N4O14S3/c1-34(2)17-21(19-55(46,47)48)23-13-25-29(15-27(23)37(34)10-5-7-33(42)53-39-31(40)8-9-32(39)41)52-30-16-28-24(14-26(30)36-25)22(20-56(49,50)51)18-35(3,4)38(28)11-6-12-54(43,44)45/h13-16,18,21H,5-12,17,19-20H2,1-4H3,(H2-,43,44,45,46,47,48,49,50,51)/p+1. The van der Waals surface area contributed by atoms with E-state index in [1.54, 1.807) is 44.2 Å². The van der Waals surface area contributed by atoms with Gasteiger partial charge in [0.15, 0.2) is 17.0 Å². The molecule has 0 bridgehead atoms. The molecule has 0 radical (unpaired) electrons. The number of carbonyl (C=O) groups is 3. The molecule has 4 aliphatic heterocycles. The van der Waals surface area contributed by atoms with Crippen molar-refractivity contribution in [1.29, 1.82) is 0 Å². The molecule has 1 unspecified atom stereocenters. The zero-order chi connectivity index (χ0) is 41.2. The molecule has 6 rings (SSSR count). The van der Waals surface area contributed by atoms with Crippen LogP contribution in [0, 0.1) is 0 Å². The molecule has 56 heavy (non-hydrogen) atoms. The normalized spacial score (nSPS) is 19.9. The number of ether oxygens (including phenoxy) is 1. The van der Waals surface area contributed by atoms with Gasteiger partial charge in [0.1, 0.15) is 23.3 Å². The number of fused-ring (bicyclic) bond motifs is 4. The maximum atomic E-state index is 12.6. The average molecular weight is 840 g/mol. The van der Waals surface area contributed by atoms with E-state index in [-0.39, 0.29) is 74.0 Å². The number of nitrogens with zero attached hydrogens (tertiary/aromatic N) is 4. The van der Waals surface area contributed by atoms with Crippen molar-refractivity contribution in [2.24, 2.45) is 4.99 Å². The predicted octanol–water partition coefficient (Wildman–Crippen LogP) is 1.92. The summed E-state index contributed by atoms with van der Waals surface area (Å²) in [5.41, 5.74) is 0.439. The summed E-state index contributed by atoms with van der Waals surface area (Å²) in [6, 6.07) is 6.56. The summed E-state index contributed by atoms with van der Waals surface area (Å²) in [4.78, 5) is 48.2. The smallest absolute Gasteiger partial charge is 0.333 e. The van der Waals surface area contributed by atoms with Crippen molar-refractivity contribution >= 4 is 65.1 Å². The molecule has 0 aliphatic carbocycles. The number of amides is 2. The van der Waals surface area contributed by atoms with E-state index in [2.05, 4.69) is 0 Å². The highest BCUT2D eigenvalue weighted by molar-refractivity contribution is 7.86. The van der Waals surface area contributed by atoms with Gasteiger partial charge >= 0.3 is 5.97 Å². The Morgan fingerprint density at radius 3 is 2.23 bits per heavy atom. The first-order valence-electron chi connectivity index (χ1n) is 17.8. The zero-order valence-electron chi connectivity index (χ0n) is 31.1. The van der Waals surface area contributed by atoms with Crippen molar-refractivity contribution in [3.8, 4) is 11.5 Å². The fourth-order valence-corrected chi connectivity index (χ4v) is 9.88. The fourth-order valence-electron chi connectivity index (χ4n) is 7.94. The number of anilines is 1. The number of imide groups is 1. The Hall–Kier alpha value is -4.28. The van der Waals surface area contributed by atoms with Gasteiger partial charge in [-0.25, -0.2) is 14.4 Å². The van der Waals surface area contributed by atoms with Crippen LogP contribution in [0.2, 0.25) is 0 Å². The molecule has 4 heterocycles. The van der Waals surface area contributed by atoms with Crippen LogP contribution in [0.4, 0.5) is 11.4 Å². The Kier molecular flexibility index (Phi) is 10.8. The second kappa shape index (κ2) is 14.6. The monoisotopic (exact) mass is 839 g/mol. The Balaban J connectivity index is 1.41. The van der Waals surface area contributed by atoms with Crippen LogP contribution in [0.5, 0.6) is 11.5 Å². The number of hydrogen-bond acceptors (Lipinski definition) is 13. The minimum Gasteiger partial charge on any atom is -0.452 e. The van der Waals surface area contributed by atoms with Crippen LogP contribution in [-0.4, -0.2) is 103 Å². The maximum absolute atomic E-state index is 12.6. The molecule has 1 fully saturated rings. The summed E-state index contributed by atoms with van der Waals surface area (Å²) in [5, 5.41) is 1.22. The molecule has 18 nitrogen and oxygen atoms in total. The third-order valence-corrected chi connectivity index (χ3v) is 12.5. The zero-order valence-corrected chi connectivity index (χ0v) is 33.5. The molecular formula is C35H43N4O14S3+. The summed E-state index contributed by atoms with van der Waals surface area (Å²) in [7, 11) is -13.2. The van der Waals surface area contributed by atoms with Crippen LogP contribution in [0.3, 0.4) is 0 Å². The largest absolute Gasteiger partial charge is 0.452 e. The number of carbonyl (C=O) groups excluding carboxylic acids is 3. The molecule has 0 spiro atoms. The molecule has 304 valence electrons. The van der Waals surface area contributed by atoms with Gasteiger partial charge in [-0.3, -0.25) is 23.2 Å². The van der Waals surface area contributed by atoms with Gasteiger partial charge in [-0.1, -0.05) is 0 Å². The lowest BCUT2D eigenvalue weighted by Gasteiger charge is -2.48. The number of rotatable bonds is 13. The van der Waals surface area contributed by atoms with Crippen LogP contribution < -0.4 is 24.9 Å². The average Bonchev–Trinajstić information content (AvgIpc) is 3.35. The highest BCUT2D eigenvalue weighted by Crippen LogP contribution is 2.49. The first-order chi connectivity index (χ1) is 25.8. The minimum absolute atomic E-state index is 0.0308. The summed E-state index contributed by atoms with van der Waals surface area (Å²) in [6.45, 7) is 7.72. The van der Waals surface area contributed by atoms with E-state index in [1.807, 2.05) is 23.3 Å². The molecule has 3 N–H and O–H groups in total. The summed E-state index contributed by atoms with van der Waals surface area (Å²) < 4.78 is 109. The quantitative estimate of drug-likeness (QED) is 0.126. The lowest BCUT2D eigenvalue weighted by molar-refractivity contribution is -0.197. The summed E-state index contributed by atoms with van der Waals surface area (Å²) in [6.07, 6.45) is 1.95. The van der Waals surface area contributed by atoms with E-state index in [4.69, 9.17) is 14.6 Å². The van der Waals surface area contributed by atoms with E-state index in [0.29, 0.717) is 32.9 Å². The Morgan fingerprint density at radius 2 is 1.61 bits per heavy atom. The Labute approximate surface area is 323 Å². The third-order valence-electron chi connectivity index (χ3n) is 10.2. The van der Waals surface area contributed by atoms with E-state index in [1.165, 1.54) is 0 Å². The van der Waals surface area contributed by atoms with Gasteiger partial charge in [0.25, 0.3) is 42.2 Å². The number of hydrogen-bond donors (Lipinski definition) is 3. The van der Waals surface area contributed by atoms with Crippen molar-refractivity contribution in [2.75, 3.05) is 35.2 Å². The van der Waals surface area contributed by atoms with Gasteiger partial charge in [-0.15, -0.1) is 5.06 Å². The van der Waals surface area contributed by atoms with Crippen LogP contribution in [0.1, 0.15) is 83.3 Å². The van der Waals surface area contributed by atoms with Gasteiger partial charge in [-0.05, 0) is 56.0 Å². The van der Waals surface area contributed by atoms with E-state index < -0.39 is 82.4 Å². The Morgan fingerprint density at radius 1 is 0.929 bits per heavy atom. The summed E-state index contributed by atoms with van der Waals surface area (Å²) >= 11 is 0. The molecule has 2 amide bonds. The van der Waals surface area contributed by atoms with Crippen LogP contribution in [-0.2, 0) is 49.6 Å². The predicted molar refractivity (Wildman–Crippen MR) is 201 cm³/mol. The van der Waals surface area contributed by atoms with Crippen molar-refractivity contribution < 1.29 is 62.9 Å². The van der Waals surface area contributed by atoms with Gasteiger partial charge in [0.05, 0.1) is 23.1 Å². The Bertz CT molecular complexity index is 2520. The summed E-state index contributed by atoms with van der Waals surface area (Å²) in [5.74, 6) is -3.95. The molecule has 0 aromatic heterocycles. The van der Waals surface area contributed by atoms with Crippen molar-refractivity contribution in [2.45, 2.75) is 83.2 Å². The highest BCUT2D eigenvalue weighted by Gasteiger charge is 2.42. The molecule has 21 heteroatoms. The number of benzene rings is 2. The minimum atomic E-state index is -4.50.